The lowest BCUT2D eigenvalue weighted by Gasteiger charge is -2.18. The number of aryl methyl sites for hydroxylation is 2. The molecule has 0 saturated carbocycles. The third-order valence-electron chi connectivity index (χ3n) is 4.82. The van der Waals surface area contributed by atoms with E-state index in [0.29, 0.717) is 10.6 Å². The third-order valence-corrected chi connectivity index (χ3v) is 6.46. The van der Waals surface area contributed by atoms with Crippen molar-refractivity contribution < 1.29 is 8.42 Å². The van der Waals surface area contributed by atoms with Gasteiger partial charge in [0, 0.05) is 5.56 Å². The molecule has 26 heavy (non-hydrogen) atoms. The topological polar surface area (TPSA) is 46.2 Å². The van der Waals surface area contributed by atoms with Gasteiger partial charge in [-0.2, -0.15) is 0 Å². The fourth-order valence-electron chi connectivity index (χ4n) is 3.22. The lowest BCUT2D eigenvalue weighted by Crippen LogP contribution is -2.17. The minimum Gasteiger partial charge on any atom is -0.279 e. The molecule has 0 aliphatic rings. The third kappa shape index (κ3) is 3.37. The van der Waals surface area contributed by atoms with E-state index in [1.54, 1.807) is 6.07 Å². The zero-order valence-electron chi connectivity index (χ0n) is 15.5. The Morgan fingerprint density at radius 1 is 0.731 bits per heavy atom. The molecule has 0 atom stereocenters. The molecule has 0 fully saturated rings. The molecule has 0 radical (unpaired) electrons. The van der Waals surface area contributed by atoms with Crippen molar-refractivity contribution in [3.63, 3.8) is 0 Å². The van der Waals surface area contributed by atoms with Gasteiger partial charge in [-0.05, 0) is 61.6 Å². The first-order chi connectivity index (χ1) is 12.3. The number of benzene rings is 3. The van der Waals surface area contributed by atoms with Gasteiger partial charge in [0.1, 0.15) is 0 Å². The van der Waals surface area contributed by atoms with Crippen molar-refractivity contribution in [3.8, 4) is 11.1 Å². The van der Waals surface area contributed by atoms with Crippen LogP contribution in [0, 0.1) is 27.7 Å². The highest BCUT2D eigenvalue weighted by Crippen LogP contribution is 2.32. The fraction of sp³-hybridized carbons (Fsp3) is 0.182. The Morgan fingerprint density at radius 3 is 1.88 bits per heavy atom. The Bertz CT molecular complexity index is 1030. The minimum atomic E-state index is -3.70. The Labute approximate surface area is 155 Å². The van der Waals surface area contributed by atoms with E-state index in [9.17, 15) is 8.42 Å². The molecule has 0 heterocycles. The first-order valence-electron chi connectivity index (χ1n) is 8.56. The molecule has 3 rings (SSSR count). The lowest BCUT2D eigenvalue weighted by atomic mass is 10.0. The minimum absolute atomic E-state index is 0.373. The van der Waals surface area contributed by atoms with E-state index in [2.05, 4.69) is 4.72 Å². The second kappa shape index (κ2) is 6.96. The average molecular weight is 365 g/mol. The Balaban J connectivity index is 2.11. The smallest absolute Gasteiger partial charge is 0.262 e. The predicted octanol–water partition coefficient (Wildman–Crippen LogP) is 5.39. The first kappa shape index (κ1) is 18.2. The molecule has 3 nitrogen and oxygen atoms in total. The Kier molecular flexibility index (Phi) is 4.88. The number of rotatable bonds is 4. The van der Waals surface area contributed by atoms with Crippen LogP contribution in [-0.4, -0.2) is 8.42 Å². The molecule has 0 aromatic heterocycles. The van der Waals surface area contributed by atoms with Gasteiger partial charge in [0.25, 0.3) is 10.0 Å². The van der Waals surface area contributed by atoms with Crippen molar-refractivity contribution in [2.75, 3.05) is 4.72 Å². The normalized spacial score (nSPS) is 11.4. The predicted molar refractivity (Wildman–Crippen MR) is 108 cm³/mol. The molecule has 0 saturated heterocycles. The molecule has 3 aromatic carbocycles. The summed E-state index contributed by atoms with van der Waals surface area (Å²) >= 11 is 0. The fourth-order valence-corrected chi connectivity index (χ4v) is 4.92. The van der Waals surface area contributed by atoms with Crippen LogP contribution >= 0.6 is 0 Å². The van der Waals surface area contributed by atoms with Crippen LogP contribution in [-0.2, 0) is 10.0 Å². The molecular formula is C22H23NO2S. The average Bonchev–Trinajstić information content (AvgIpc) is 2.61. The van der Waals surface area contributed by atoms with Crippen LogP contribution in [0.25, 0.3) is 11.1 Å². The maximum Gasteiger partial charge on any atom is 0.262 e. The summed E-state index contributed by atoms with van der Waals surface area (Å²) in [7, 11) is -3.70. The summed E-state index contributed by atoms with van der Waals surface area (Å²) < 4.78 is 29.3. The van der Waals surface area contributed by atoms with Crippen molar-refractivity contribution in [1.82, 2.24) is 0 Å². The van der Waals surface area contributed by atoms with E-state index in [0.717, 1.165) is 33.4 Å². The highest BCUT2D eigenvalue weighted by atomic mass is 32.2. The van der Waals surface area contributed by atoms with E-state index in [4.69, 9.17) is 0 Å². The van der Waals surface area contributed by atoms with Crippen LogP contribution in [0.2, 0.25) is 0 Å². The molecule has 0 aliphatic carbocycles. The molecule has 0 aliphatic heterocycles. The summed E-state index contributed by atoms with van der Waals surface area (Å²) in [6.45, 7) is 7.61. The van der Waals surface area contributed by atoms with Crippen LogP contribution < -0.4 is 4.72 Å². The summed E-state index contributed by atoms with van der Waals surface area (Å²) in [5.41, 5.74) is 5.94. The van der Waals surface area contributed by atoms with Crippen molar-refractivity contribution >= 4 is 15.7 Å². The summed E-state index contributed by atoms with van der Waals surface area (Å²) in [5, 5.41) is 0. The summed E-state index contributed by atoms with van der Waals surface area (Å²) in [4.78, 5) is 0.373. The van der Waals surface area contributed by atoms with E-state index >= 15 is 0 Å². The van der Waals surface area contributed by atoms with Gasteiger partial charge >= 0.3 is 0 Å². The molecule has 0 spiro atoms. The maximum atomic E-state index is 13.2. The van der Waals surface area contributed by atoms with Gasteiger partial charge in [-0.3, -0.25) is 4.72 Å². The molecule has 4 heteroatoms. The molecule has 1 N–H and O–H groups in total. The number of para-hydroxylation sites is 1. The quantitative estimate of drug-likeness (QED) is 0.674. The number of hydrogen-bond donors (Lipinski definition) is 1. The van der Waals surface area contributed by atoms with Crippen LogP contribution in [0.5, 0.6) is 0 Å². The summed E-state index contributed by atoms with van der Waals surface area (Å²) in [5.74, 6) is 0. The van der Waals surface area contributed by atoms with Gasteiger partial charge in [0.2, 0.25) is 0 Å². The van der Waals surface area contributed by atoms with Crippen molar-refractivity contribution in [3.05, 3.63) is 82.9 Å². The Morgan fingerprint density at radius 2 is 1.27 bits per heavy atom. The van der Waals surface area contributed by atoms with E-state index in [-0.39, 0.29) is 0 Å². The van der Waals surface area contributed by atoms with Gasteiger partial charge in [0.05, 0.1) is 10.6 Å². The number of anilines is 1. The van der Waals surface area contributed by atoms with Crippen LogP contribution in [0.4, 0.5) is 5.69 Å². The molecule has 0 amide bonds. The van der Waals surface area contributed by atoms with Gasteiger partial charge in [-0.1, -0.05) is 54.6 Å². The first-order valence-corrected chi connectivity index (χ1v) is 10.0. The van der Waals surface area contributed by atoms with Crippen LogP contribution in [0.3, 0.4) is 0 Å². The molecule has 0 unspecified atom stereocenters. The van der Waals surface area contributed by atoms with Crippen LogP contribution in [0.1, 0.15) is 22.3 Å². The second-order valence-electron chi connectivity index (χ2n) is 6.61. The van der Waals surface area contributed by atoms with E-state index in [1.165, 1.54) is 0 Å². The second-order valence-corrected chi connectivity index (χ2v) is 8.23. The van der Waals surface area contributed by atoms with Crippen molar-refractivity contribution in [2.45, 2.75) is 32.6 Å². The molecule has 134 valence electrons. The molecular weight excluding hydrogens is 342 g/mol. The molecule has 0 bridgehead atoms. The largest absolute Gasteiger partial charge is 0.279 e. The SMILES string of the molecule is Cc1cc(C)c(C)c(S(=O)(=O)Nc2ccccc2-c2ccccc2)c1C. The summed E-state index contributed by atoms with van der Waals surface area (Å²) in [6, 6.07) is 19.3. The van der Waals surface area contributed by atoms with Crippen LogP contribution in [0.15, 0.2) is 65.6 Å². The maximum absolute atomic E-state index is 13.2. The number of sulfonamides is 1. The van der Waals surface area contributed by atoms with Gasteiger partial charge in [-0.15, -0.1) is 0 Å². The monoisotopic (exact) mass is 365 g/mol. The highest BCUT2D eigenvalue weighted by Gasteiger charge is 2.23. The standard InChI is InChI=1S/C22H23NO2S/c1-15-14-16(2)18(4)22(17(15)3)26(24,25)23-21-13-9-8-12-20(21)19-10-6-5-7-11-19/h5-14,23H,1-4H3. The van der Waals surface area contributed by atoms with Gasteiger partial charge < -0.3 is 0 Å². The number of hydrogen-bond acceptors (Lipinski definition) is 2. The van der Waals surface area contributed by atoms with E-state index < -0.39 is 10.0 Å². The summed E-state index contributed by atoms with van der Waals surface area (Å²) in [6.07, 6.45) is 0. The Hall–Kier alpha value is -2.59. The van der Waals surface area contributed by atoms with Crippen molar-refractivity contribution in [1.29, 1.82) is 0 Å². The highest BCUT2D eigenvalue weighted by molar-refractivity contribution is 7.92. The lowest BCUT2D eigenvalue weighted by molar-refractivity contribution is 0.599. The molecule has 3 aromatic rings. The zero-order valence-corrected chi connectivity index (χ0v) is 16.3. The zero-order chi connectivity index (χ0) is 18.9. The van der Waals surface area contributed by atoms with E-state index in [1.807, 2.05) is 82.3 Å². The van der Waals surface area contributed by atoms with Gasteiger partial charge in [-0.25, -0.2) is 8.42 Å². The van der Waals surface area contributed by atoms with Gasteiger partial charge in [0.15, 0.2) is 0 Å². The van der Waals surface area contributed by atoms with Crippen molar-refractivity contribution in [2.24, 2.45) is 0 Å². The number of nitrogens with one attached hydrogen (secondary N) is 1.